The highest BCUT2D eigenvalue weighted by atomic mass is 16.4. The Morgan fingerprint density at radius 1 is 1.50 bits per heavy atom. The highest BCUT2D eigenvalue weighted by Gasteiger charge is 2.23. The summed E-state index contributed by atoms with van der Waals surface area (Å²) >= 11 is 0. The average Bonchev–Trinajstić information content (AvgIpc) is 2.46. The molecule has 0 fully saturated rings. The Hall–Kier alpha value is -2.05. The zero-order chi connectivity index (χ0) is 10.7. The molecule has 3 N–H and O–H groups in total. The molecule has 14 heavy (non-hydrogen) atoms. The van der Waals surface area contributed by atoms with E-state index in [1.807, 2.05) is 0 Å². The molecule has 0 aliphatic heterocycles. The summed E-state index contributed by atoms with van der Waals surface area (Å²) in [7, 11) is 0. The summed E-state index contributed by atoms with van der Waals surface area (Å²) in [6.45, 7) is 0. The van der Waals surface area contributed by atoms with Gasteiger partial charge in [-0.1, -0.05) is 0 Å². The van der Waals surface area contributed by atoms with Crippen molar-refractivity contribution in [2.75, 3.05) is 0 Å². The number of nitrogens with one attached hydrogen (secondary N) is 1. The number of aromatic amines is 1. The third-order valence-corrected chi connectivity index (χ3v) is 1.67. The van der Waals surface area contributed by atoms with Crippen molar-refractivity contribution in [1.29, 1.82) is 0 Å². The van der Waals surface area contributed by atoms with Crippen LogP contribution in [0.15, 0.2) is 17.2 Å². The number of imidazole rings is 1. The normalized spacial score (nSPS) is 12.3. The maximum absolute atomic E-state index is 11.0. The predicted octanol–water partition coefficient (Wildman–Crippen LogP) is -0.723. The van der Waals surface area contributed by atoms with Gasteiger partial charge >= 0.3 is 17.6 Å². The van der Waals surface area contributed by atoms with Crippen LogP contribution in [0.25, 0.3) is 0 Å². The summed E-state index contributed by atoms with van der Waals surface area (Å²) in [4.78, 5) is 34.2. The standard InChI is InChI=1S/C7H8N2O5/c10-5(11)3-4(6(12)13)9-2-1-8-7(9)14/h1-2,4H,3H2,(H,8,14)(H,10,11)(H,12,13). The fourth-order valence-corrected chi connectivity index (χ4v) is 1.05. The number of rotatable bonds is 4. The minimum Gasteiger partial charge on any atom is -0.481 e. The van der Waals surface area contributed by atoms with E-state index in [-0.39, 0.29) is 0 Å². The third-order valence-electron chi connectivity index (χ3n) is 1.67. The summed E-state index contributed by atoms with van der Waals surface area (Å²) in [5, 5.41) is 17.1. The lowest BCUT2D eigenvalue weighted by Crippen LogP contribution is -2.29. The third kappa shape index (κ3) is 2.00. The number of hydrogen-bond donors (Lipinski definition) is 3. The first kappa shape index (κ1) is 10.0. The first-order valence-corrected chi connectivity index (χ1v) is 3.72. The Balaban J connectivity index is 3.00. The molecule has 1 aromatic rings. The lowest BCUT2D eigenvalue weighted by atomic mass is 10.2. The summed E-state index contributed by atoms with van der Waals surface area (Å²) in [6.07, 6.45) is 1.82. The minimum absolute atomic E-state index is 0.632. The number of carboxylic acids is 2. The molecule has 0 aliphatic rings. The van der Waals surface area contributed by atoms with Crippen LogP contribution in [0.4, 0.5) is 0 Å². The molecule has 1 rings (SSSR count). The van der Waals surface area contributed by atoms with Gasteiger partial charge in [-0.05, 0) is 0 Å². The van der Waals surface area contributed by atoms with Gasteiger partial charge in [-0.3, -0.25) is 9.36 Å². The van der Waals surface area contributed by atoms with Crippen molar-refractivity contribution in [3.63, 3.8) is 0 Å². The van der Waals surface area contributed by atoms with Crippen LogP contribution in [0.2, 0.25) is 0 Å². The molecule has 0 bridgehead atoms. The molecule has 76 valence electrons. The van der Waals surface area contributed by atoms with Crippen molar-refractivity contribution in [1.82, 2.24) is 9.55 Å². The number of H-pyrrole nitrogens is 1. The molecule has 0 saturated carbocycles. The maximum atomic E-state index is 11.0. The summed E-state index contributed by atoms with van der Waals surface area (Å²) in [6, 6.07) is -1.37. The van der Waals surface area contributed by atoms with E-state index >= 15 is 0 Å². The van der Waals surface area contributed by atoms with Gasteiger partial charge in [-0.15, -0.1) is 0 Å². The van der Waals surface area contributed by atoms with E-state index in [1.165, 1.54) is 12.4 Å². The Morgan fingerprint density at radius 2 is 2.14 bits per heavy atom. The first-order valence-electron chi connectivity index (χ1n) is 3.72. The van der Waals surface area contributed by atoms with Gasteiger partial charge in [0.15, 0.2) is 0 Å². The molecule has 0 aromatic carbocycles. The Bertz CT molecular complexity index is 404. The SMILES string of the molecule is O=C(O)CC(C(=O)O)n1cc[nH]c1=O. The van der Waals surface area contributed by atoms with Gasteiger partial charge < -0.3 is 15.2 Å². The van der Waals surface area contributed by atoms with E-state index in [0.717, 1.165) is 4.57 Å². The van der Waals surface area contributed by atoms with Crippen LogP contribution < -0.4 is 5.69 Å². The van der Waals surface area contributed by atoms with E-state index in [1.54, 1.807) is 0 Å². The molecule has 7 heteroatoms. The smallest absolute Gasteiger partial charge is 0.327 e. The number of carboxylic acid groups (broad SMARTS) is 2. The first-order chi connectivity index (χ1) is 6.52. The molecular formula is C7H8N2O5. The Labute approximate surface area is 77.6 Å². The lowest BCUT2D eigenvalue weighted by Gasteiger charge is -2.09. The average molecular weight is 200 g/mol. The van der Waals surface area contributed by atoms with Crippen molar-refractivity contribution in [3.8, 4) is 0 Å². The van der Waals surface area contributed by atoms with Crippen molar-refractivity contribution >= 4 is 11.9 Å². The second-order valence-electron chi connectivity index (χ2n) is 2.62. The molecule has 0 saturated heterocycles. The van der Waals surface area contributed by atoms with Crippen molar-refractivity contribution in [2.24, 2.45) is 0 Å². The fourth-order valence-electron chi connectivity index (χ4n) is 1.05. The molecule has 1 atom stereocenters. The van der Waals surface area contributed by atoms with Gasteiger partial charge in [0.25, 0.3) is 0 Å². The van der Waals surface area contributed by atoms with Crippen LogP contribution in [-0.4, -0.2) is 31.7 Å². The lowest BCUT2D eigenvalue weighted by molar-refractivity contribution is -0.147. The maximum Gasteiger partial charge on any atom is 0.327 e. The van der Waals surface area contributed by atoms with E-state index < -0.39 is 30.1 Å². The van der Waals surface area contributed by atoms with Crippen LogP contribution in [0.3, 0.4) is 0 Å². The second kappa shape index (κ2) is 3.77. The molecule has 7 nitrogen and oxygen atoms in total. The van der Waals surface area contributed by atoms with Gasteiger partial charge in [0.1, 0.15) is 6.04 Å². The number of hydrogen-bond acceptors (Lipinski definition) is 3. The molecular weight excluding hydrogens is 192 g/mol. The van der Waals surface area contributed by atoms with Crippen LogP contribution in [0.1, 0.15) is 12.5 Å². The van der Waals surface area contributed by atoms with Crippen molar-refractivity contribution in [3.05, 3.63) is 22.9 Å². The highest BCUT2D eigenvalue weighted by molar-refractivity contribution is 5.79. The van der Waals surface area contributed by atoms with Crippen LogP contribution in [0.5, 0.6) is 0 Å². The molecule has 1 aromatic heterocycles. The topological polar surface area (TPSA) is 112 Å². The number of aromatic nitrogens is 2. The zero-order valence-electron chi connectivity index (χ0n) is 7.01. The van der Waals surface area contributed by atoms with E-state index in [0.29, 0.717) is 0 Å². The van der Waals surface area contributed by atoms with Crippen molar-refractivity contribution < 1.29 is 19.8 Å². The molecule has 0 amide bonds. The van der Waals surface area contributed by atoms with Crippen LogP contribution >= 0.6 is 0 Å². The van der Waals surface area contributed by atoms with Gasteiger partial charge in [-0.2, -0.15) is 0 Å². The fraction of sp³-hybridized carbons (Fsp3) is 0.286. The van der Waals surface area contributed by atoms with Gasteiger partial charge in [0, 0.05) is 12.4 Å². The predicted molar refractivity (Wildman–Crippen MR) is 44.0 cm³/mol. The summed E-state index contributed by atoms with van der Waals surface area (Å²) in [5.74, 6) is -2.63. The molecule has 1 unspecified atom stereocenters. The number of nitrogens with zero attached hydrogens (tertiary/aromatic N) is 1. The summed E-state index contributed by atoms with van der Waals surface area (Å²) < 4.78 is 0.830. The van der Waals surface area contributed by atoms with E-state index in [2.05, 4.69) is 4.98 Å². The quantitative estimate of drug-likeness (QED) is 0.593. The van der Waals surface area contributed by atoms with Crippen LogP contribution in [0, 0.1) is 0 Å². The van der Waals surface area contributed by atoms with Gasteiger partial charge in [0.2, 0.25) is 0 Å². The van der Waals surface area contributed by atoms with Crippen molar-refractivity contribution in [2.45, 2.75) is 12.5 Å². The number of carbonyl (C=O) groups is 2. The van der Waals surface area contributed by atoms with Crippen LogP contribution in [-0.2, 0) is 9.59 Å². The van der Waals surface area contributed by atoms with Gasteiger partial charge in [-0.25, -0.2) is 9.59 Å². The highest BCUT2D eigenvalue weighted by Crippen LogP contribution is 2.08. The Morgan fingerprint density at radius 3 is 2.50 bits per heavy atom. The molecule has 1 heterocycles. The van der Waals surface area contributed by atoms with E-state index in [9.17, 15) is 14.4 Å². The molecule has 0 spiro atoms. The largest absolute Gasteiger partial charge is 0.481 e. The van der Waals surface area contributed by atoms with Gasteiger partial charge in [0.05, 0.1) is 6.42 Å². The number of aliphatic carboxylic acids is 2. The molecule has 0 aliphatic carbocycles. The van der Waals surface area contributed by atoms with E-state index in [4.69, 9.17) is 10.2 Å². The second-order valence-corrected chi connectivity index (χ2v) is 2.62. The summed E-state index contributed by atoms with van der Waals surface area (Å²) in [5.41, 5.74) is -0.640. The molecule has 0 radical (unpaired) electrons. The minimum atomic E-state index is -1.37. The monoisotopic (exact) mass is 200 g/mol. The Kier molecular flexibility index (Phi) is 2.70. The zero-order valence-corrected chi connectivity index (χ0v) is 7.01.